The number of aliphatic hydroxyl groups excluding tert-OH is 9. The Labute approximate surface area is 710 Å². The lowest BCUT2D eigenvalue weighted by atomic mass is 9.84. The van der Waals surface area contributed by atoms with E-state index in [2.05, 4.69) is 71.1 Å². The van der Waals surface area contributed by atoms with Crippen molar-refractivity contribution in [2.24, 2.45) is 5.92 Å². The number of phosphoric ester groups is 1. The zero-order valence-electron chi connectivity index (χ0n) is 73.6. The molecule has 3 aliphatic rings. The molecule has 2 heterocycles. The fourth-order valence-corrected chi connectivity index (χ4v) is 16.3. The molecule has 0 amide bonds. The number of unbranched alkanes of at least 4 members (excludes halogenated alkanes) is 41. The fraction of sp³-hybridized carbons (Fsp3) is 0.891. The summed E-state index contributed by atoms with van der Waals surface area (Å²) >= 11 is 0. The third-order valence-electron chi connectivity index (χ3n) is 23.0. The van der Waals surface area contributed by atoms with Gasteiger partial charge in [-0.15, -0.1) is 0 Å². The number of hydrogen-bond acceptors (Lipinski definition) is 24. The topological polar surface area (TPSA) is 380 Å². The van der Waals surface area contributed by atoms with Crippen LogP contribution in [0.15, 0.2) is 36.5 Å². The molecule has 0 radical (unpaired) electrons. The number of carbonyl (C=O) groups is 4. The van der Waals surface area contributed by atoms with E-state index in [-0.39, 0.29) is 32.1 Å². The van der Waals surface area contributed by atoms with Gasteiger partial charge >= 0.3 is 31.7 Å². The molecule has 0 spiro atoms. The molecule has 0 bridgehead atoms. The molecule has 0 aromatic carbocycles. The van der Waals surface area contributed by atoms with Crippen molar-refractivity contribution >= 4 is 31.7 Å². The Hall–Kier alpha value is -3.31. The van der Waals surface area contributed by atoms with E-state index >= 15 is 0 Å². The van der Waals surface area contributed by atoms with Crippen LogP contribution >= 0.6 is 7.82 Å². The highest BCUT2D eigenvalue weighted by Gasteiger charge is 2.60. The number of hydrogen-bond donors (Lipinski definition) is 10. The summed E-state index contributed by atoms with van der Waals surface area (Å²) in [5, 5.41) is 102. The standard InChI is InChI=1S/C92H167O25P/c1-6-10-14-18-22-25-28-31-33-36-38-41-44-51-58-64-76(95)109-70-74-80(99)82(101)86(105)92(113-74)116-89-87(114-78(97)66-60-54-46-43-39-35-30-27-24-20-16-12-8-3)83(102)84(103)88(115-91-85(104)81(100)79(98)73(67-93)112-91)90(89)117-118(106,107)110-69-72(111-77(96)65-59-53-45-42-40-37-34-32-29-26-23-19-15-11-7-2)68-108-75(94)63-57-52-48-47-50-56-62-71(5)61-55-49-21-17-13-9-4/h25-26,28-29,35,39,71-74,79-93,98-105H,6-24,27,30-34,36-38,40-70H2,1-5H3,(H,106,107)/b28-25-,29-26-,39-35-. The van der Waals surface area contributed by atoms with Gasteiger partial charge in [-0.3, -0.25) is 28.2 Å². The highest BCUT2D eigenvalue weighted by Crippen LogP contribution is 2.49. The number of allylic oxidation sites excluding steroid dienone is 6. The number of esters is 4. The summed E-state index contributed by atoms with van der Waals surface area (Å²) in [7, 11) is -5.82. The van der Waals surface area contributed by atoms with E-state index in [9.17, 15) is 74.6 Å². The number of phosphoric acid groups is 1. The normalized spacial score (nSPS) is 25.3. The van der Waals surface area contributed by atoms with Gasteiger partial charge in [0.2, 0.25) is 0 Å². The van der Waals surface area contributed by atoms with Gasteiger partial charge in [0.15, 0.2) is 24.8 Å². The van der Waals surface area contributed by atoms with E-state index in [4.69, 9.17) is 46.9 Å². The van der Waals surface area contributed by atoms with Crippen LogP contribution in [-0.2, 0) is 70.7 Å². The summed E-state index contributed by atoms with van der Waals surface area (Å²) < 4.78 is 73.4. The van der Waals surface area contributed by atoms with E-state index in [1.54, 1.807) is 0 Å². The van der Waals surface area contributed by atoms with Gasteiger partial charge in [-0.05, 0) is 109 Å². The van der Waals surface area contributed by atoms with Crippen molar-refractivity contribution in [2.45, 2.75) is 492 Å². The molecule has 26 heteroatoms. The highest BCUT2D eigenvalue weighted by molar-refractivity contribution is 7.47. The summed E-state index contributed by atoms with van der Waals surface area (Å²) in [6.07, 6.45) is 30.0. The van der Waals surface area contributed by atoms with Gasteiger partial charge in [0, 0.05) is 25.7 Å². The van der Waals surface area contributed by atoms with Crippen molar-refractivity contribution in [3.05, 3.63) is 36.5 Å². The molecule has 3 rings (SSSR count). The third kappa shape index (κ3) is 50.0. The minimum atomic E-state index is -5.82. The number of carbonyl (C=O) groups excluding carboxylic acids is 4. The quantitative estimate of drug-likeness (QED) is 0.00889. The van der Waals surface area contributed by atoms with Gasteiger partial charge in [0.05, 0.1) is 13.2 Å². The number of aliphatic hydroxyl groups is 9. The molecule has 690 valence electrons. The van der Waals surface area contributed by atoms with Crippen LogP contribution in [0.4, 0.5) is 0 Å². The maximum absolute atomic E-state index is 14.9. The smallest absolute Gasteiger partial charge is 0.463 e. The number of ether oxygens (including phenoxy) is 8. The molecular weight excluding hydrogens is 1540 g/mol. The summed E-state index contributed by atoms with van der Waals surface area (Å²) in [5.74, 6) is -2.31. The van der Waals surface area contributed by atoms with Crippen LogP contribution in [0.5, 0.6) is 0 Å². The monoisotopic (exact) mass is 1700 g/mol. The molecule has 25 nitrogen and oxygen atoms in total. The summed E-state index contributed by atoms with van der Waals surface area (Å²) in [6.45, 7) is 7.87. The van der Waals surface area contributed by atoms with Gasteiger partial charge in [0.25, 0.3) is 0 Å². The maximum Gasteiger partial charge on any atom is 0.472 e. The lowest BCUT2D eigenvalue weighted by Crippen LogP contribution is -2.70. The lowest BCUT2D eigenvalue weighted by molar-refractivity contribution is -0.360. The van der Waals surface area contributed by atoms with Gasteiger partial charge < -0.3 is 88.7 Å². The van der Waals surface area contributed by atoms with Crippen LogP contribution in [0.2, 0.25) is 0 Å². The highest BCUT2D eigenvalue weighted by atomic mass is 31.2. The Balaban J connectivity index is 1.92. The molecule has 1 saturated carbocycles. The van der Waals surface area contributed by atoms with Gasteiger partial charge in [0.1, 0.15) is 92.6 Å². The average molecular weight is 1700 g/mol. The SMILES string of the molecule is CCCCCC/C=C\CCCCCCCCCC(=O)OCC1OC(OC2C(OC(=O)CCCCC/C=C\CCCCCCCC)C(O)C(O)C(OC3OC(CO)C(O)C(O)C3O)C2OP(=O)(O)OCC(COC(=O)CCCCCCCCC(C)CCCCCCCC)OC(=O)CCCCCCCCC/C=C\CCCCCC)C(O)C(O)C1O. The van der Waals surface area contributed by atoms with Crippen molar-refractivity contribution < 1.29 is 122 Å². The molecule has 19 unspecified atom stereocenters. The van der Waals surface area contributed by atoms with Crippen LogP contribution in [0, 0.1) is 5.92 Å². The van der Waals surface area contributed by atoms with Crippen molar-refractivity contribution in [1.29, 1.82) is 0 Å². The van der Waals surface area contributed by atoms with Gasteiger partial charge in [-0.2, -0.15) is 0 Å². The Bertz CT molecular complexity index is 2610. The van der Waals surface area contributed by atoms with Crippen molar-refractivity contribution in [3.8, 4) is 0 Å². The molecule has 2 aliphatic heterocycles. The first-order valence-corrected chi connectivity index (χ1v) is 48.6. The van der Waals surface area contributed by atoms with E-state index in [0.717, 1.165) is 154 Å². The first-order chi connectivity index (χ1) is 57.1. The Morgan fingerprint density at radius 2 is 0.686 bits per heavy atom. The predicted molar refractivity (Wildman–Crippen MR) is 458 cm³/mol. The molecule has 10 N–H and O–H groups in total. The lowest BCUT2D eigenvalue weighted by Gasteiger charge is -2.50. The zero-order chi connectivity index (χ0) is 86.2. The van der Waals surface area contributed by atoms with Crippen LogP contribution in [-0.4, -0.2) is 205 Å². The number of rotatable bonds is 75. The Morgan fingerprint density at radius 1 is 0.356 bits per heavy atom. The first kappa shape index (κ1) is 109. The van der Waals surface area contributed by atoms with Crippen LogP contribution in [0.25, 0.3) is 0 Å². The summed E-state index contributed by atoms with van der Waals surface area (Å²) in [4.78, 5) is 66.5. The molecule has 3 fully saturated rings. The van der Waals surface area contributed by atoms with Crippen molar-refractivity contribution in [1.82, 2.24) is 0 Å². The first-order valence-electron chi connectivity index (χ1n) is 47.1. The molecular formula is C92H167O25P. The summed E-state index contributed by atoms with van der Waals surface area (Å²) in [5.41, 5.74) is 0. The van der Waals surface area contributed by atoms with E-state index in [1.807, 2.05) is 0 Å². The Kier molecular flexibility index (Phi) is 64.5. The van der Waals surface area contributed by atoms with E-state index in [1.165, 1.54) is 128 Å². The van der Waals surface area contributed by atoms with Crippen molar-refractivity contribution in [2.75, 3.05) is 26.4 Å². The third-order valence-corrected chi connectivity index (χ3v) is 24.0. The fourth-order valence-electron chi connectivity index (χ4n) is 15.4. The van der Waals surface area contributed by atoms with Crippen LogP contribution in [0.1, 0.15) is 388 Å². The van der Waals surface area contributed by atoms with Gasteiger partial charge in [-0.1, -0.05) is 296 Å². The van der Waals surface area contributed by atoms with Crippen molar-refractivity contribution in [3.63, 3.8) is 0 Å². The predicted octanol–water partition coefficient (Wildman–Crippen LogP) is 17.4. The second-order valence-corrected chi connectivity index (χ2v) is 35.2. The Morgan fingerprint density at radius 3 is 1.11 bits per heavy atom. The minimum Gasteiger partial charge on any atom is -0.463 e. The largest absolute Gasteiger partial charge is 0.472 e. The van der Waals surface area contributed by atoms with E-state index in [0.29, 0.717) is 44.4 Å². The summed E-state index contributed by atoms with van der Waals surface area (Å²) in [6, 6.07) is 0. The minimum absolute atomic E-state index is 0.00649. The molecule has 2 saturated heterocycles. The molecule has 19 atom stereocenters. The second-order valence-electron chi connectivity index (χ2n) is 33.8. The second kappa shape index (κ2) is 69.9. The van der Waals surface area contributed by atoms with Gasteiger partial charge in [-0.25, -0.2) is 4.57 Å². The van der Waals surface area contributed by atoms with Crippen LogP contribution < -0.4 is 0 Å². The van der Waals surface area contributed by atoms with E-state index < -0.39 is 162 Å². The average Bonchev–Trinajstić information content (AvgIpc) is 0.754. The maximum atomic E-state index is 14.9. The van der Waals surface area contributed by atoms with Crippen LogP contribution in [0.3, 0.4) is 0 Å². The molecule has 118 heavy (non-hydrogen) atoms. The molecule has 0 aromatic rings. The molecule has 0 aromatic heterocycles. The zero-order valence-corrected chi connectivity index (χ0v) is 74.5. The molecule has 1 aliphatic carbocycles.